The zero-order valence-corrected chi connectivity index (χ0v) is 21.1. The fourth-order valence-electron chi connectivity index (χ4n) is 4.87. The molecule has 3 N–H and O–H groups in total. The third-order valence-corrected chi connectivity index (χ3v) is 6.59. The highest BCUT2D eigenvalue weighted by molar-refractivity contribution is 5.77. The Bertz CT molecular complexity index is 1370. The Labute approximate surface area is 214 Å². The molecule has 37 heavy (non-hydrogen) atoms. The van der Waals surface area contributed by atoms with Gasteiger partial charge in [0.05, 0.1) is 19.0 Å². The molecule has 2 aromatic heterocycles. The molecular weight excluding hydrogens is 476 g/mol. The van der Waals surface area contributed by atoms with Crippen molar-refractivity contribution in [2.75, 3.05) is 17.7 Å². The van der Waals surface area contributed by atoms with Crippen LogP contribution in [-0.4, -0.2) is 38.7 Å². The number of anilines is 4. The molecule has 194 valence electrons. The SMILES string of the molecule is COc1ccc(Nc2ncc3nc(Nc4ccc(F)cc4F)n([C@H]4CC[C@H](NC(C)C)CC4)c3n2)cc1. The fraction of sp³-hybridized carbons (Fsp3) is 0.370. The number of hydrogen-bond donors (Lipinski definition) is 3. The molecule has 1 fully saturated rings. The van der Waals surface area contributed by atoms with Crippen molar-refractivity contribution in [2.45, 2.75) is 57.7 Å². The van der Waals surface area contributed by atoms with Gasteiger partial charge in [0, 0.05) is 29.9 Å². The Morgan fingerprint density at radius 2 is 1.73 bits per heavy atom. The maximum absolute atomic E-state index is 14.5. The number of nitrogens with zero attached hydrogens (tertiary/aromatic N) is 4. The van der Waals surface area contributed by atoms with E-state index >= 15 is 0 Å². The van der Waals surface area contributed by atoms with Crippen LogP contribution in [0.2, 0.25) is 0 Å². The van der Waals surface area contributed by atoms with Crippen molar-refractivity contribution in [3.05, 3.63) is 60.3 Å². The normalized spacial score (nSPS) is 17.8. The van der Waals surface area contributed by atoms with E-state index < -0.39 is 11.6 Å². The molecule has 0 atom stereocenters. The number of hydrogen-bond acceptors (Lipinski definition) is 7. The summed E-state index contributed by atoms with van der Waals surface area (Å²) >= 11 is 0. The zero-order valence-electron chi connectivity index (χ0n) is 21.1. The topological polar surface area (TPSA) is 88.9 Å². The van der Waals surface area contributed by atoms with Crippen molar-refractivity contribution in [2.24, 2.45) is 0 Å². The molecule has 5 rings (SSSR count). The van der Waals surface area contributed by atoms with Gasteiger partial charge in [0.15, 0.2) is 5.65 Å². The van der Waals surface area contributed by atoms with Crippen LogP contribution in [0.5, 0.6) is 5.75 Å². The molecule has 10 heteroatoms. The second-order valence-electron chi connectivity index (χ2n) is 9.64. The molecule has 0 unspecified atom stereocenters. The third-order valence-electron chi connectivity index (χ3n) is 6.59. The molecule has 2 heterocycles. The Morgan fingerprint density at radius 1 is 0.973 bits per heavy atom. The van der Waals surface area contributed by atoms with E-state index in [4.69, 9.17) is 14.7 Å². The summed E-state index contributed by atoms with van der Waals surface area (Å²) < 4.78 is 35.3. The number of methoxy groups -OCH3 is 1. The van der Waals surface area contributed by atoms with E-state index in [0.717, 1.165) is 43.2 Å². The van der Waals surface area contributed by atoms with E-state index in [1.165, 1.54) is 12.1 Å². The van der Waals surface area contributed by atoms with Crippen molar-refractivity contribution in [3.63, 3.8) is 0 Å². The highest BCUT2D eigenvalue weighted by atomic mass is 19.1. The van der Waals surface area contributed by atoms with Gasteiger partial charge in [-0.25, -0.2) is 18.7 Å². The van der Waals surface area contributed by atoms with E-state index in [1.54, 1.807) is 13.3 Å². The summed E-state index contributed by atoms with van der Waals surface area (Å²) in [6.45, 7) is 4.31. The summed E-state index contributed by atoms with van der Waals surface area (Å²) in [7, 11) is 1.62. The minimum absolute atomic E-state index is 0.116. The first-order chi connectivity index (χ1) is 17.9. The van der Waals surface area contributed by atoms with Crippen LogP contribution in [0.1, 0.15) is 45.6 Å². The summed E-state index contributed by atoms with van der Waals surface area (Å²) in [6.07, 6.45) is 5.51. The molecule has 0 spiro atoms. The molecule has 0 radical (unpaired) electrons. The van der Waals surface area contributed by atoms with E-state index in [9.17, 15) is 8.78 Å². The standard InChI is InChI=1S/C27H31F2N7O/c1-16(2)31-18-5-9-20(10-6-18)36-25-24(34-27(36)33-23-13-4-17(28)14-22(23)29)15-30-26(35-25)32-19-7-11-21(37-3)12-8-19/h4,7-8,11-16,18,20,31H,5-6,9-10H2,1-3H3,(H,33,34)(H,30,32,35)/t18-,20-. The first kappa shape index (κ1) is 24.9. The first-order valence-electron chi connectivity index (χ1n) is 12.5. The highest BCUT2D eigenvalue weighted by Gasteiger charge is 2.27. The second kappa shape index (κ2) is 10.7. The molecule has 2 aromatic carbocycles. The van der Waals surface area contributed by atoms with E-state index in [1.807, 2.05) is 28.8 Å². The maximum atomic E-state index is 14.5. The fourth-order valence-corrected chi connectivity index (χ4v) is 4.87. The van der Waals surface area contributed by atoms with Gasteiger partial charge in [0.1, 0.15) is 22.9 Å². The molecule has 1 aliphatic carbocycles. The van der Waals surface area contributed by atoms with Crippen LogP contribution in [0.3, 0.4) is 0 Å². The lowest BCUT2D eigenvalue weighted by Gasteiger charge is -2.32. The van der Waals surface area contributed by atoms with Crippen molar-refractivity contribution >= 4 is 34.4 Å². The number of aromatic nitrogens is 4. The largest absolute Gasteiger partial charge is 0.497 e. The lowest BCUT2D eigenvalue weighted by molar-refractivity contribution is 0.285. The Hall–Kier alpha value is -3.79. The molecule has 0 amide bonds. The van der Waals surface area contributed by atoms with Crippen LogP contribution in [-0.2, 0) is 0 Å². The van der Waals surface area contributed by atoms with Gasteiger partial charge in [-0.3, -0.25) is 4.57 Å². The van der Waals surface area contributed by atoms with Gasteiger partial charge in [-0.15, -0.1) is 0 Å². The lowest BCUT2D eigenvalue weighted by Crippen LogP contribution is -2.38. The summed E-state index contributed by atoms with van der Waals surface area (Å²) in [5.74, 6) is 0.320. The molecule has 4 aromatic rings. The summed E-state index contributed by atoms with van der Waals surface area (Å²) in [5.41, 5.74) is 2.21. The third kappa shape index (κ3) is 5.64. The molecule has 1 saturated carbocycles. The van der Waals surface area contributed by atoms with Crippen molar-refractivity contribution in [3.8, 4) is 5.75 Å². The van der Waals surface area contributed by atoms with Gasteiger partial charge in [0.25, 0.3) is 0 Å². The highest BCUT2D eigenvalue weighted by Crippen LogP contribution is 2.35. The predicted molar refractivity (Wildman–Crippen MR) is 141 cm³/mol. The van der Waals surface area contributed by atoms with Crippen LogP contribution >= 0.6 is 0 Å². The van der Waals surface area contributed by atoms with Crippen LogP contribution in [0, 0.1) is 11.6 Å². The number of ether oxygens (including phenoxy) is 1. The van der Waals surface area contributed by atoms with Gasteiger partial charge >= 0.3 is 0 Å². The van der Waals surface area contributed by atoms with Gasteiger partial charge in [-0.1, -0.05) is 13.8 Å². The van der Waals surface area contributed by atoms with Crippen LogP contribution in [0.15, 0.2) is 48.7 Å². The molecule has 8 nitrogen and oxygen atoms in total. The number of imidazole rings is 1. The van der Waals surface area contributed by atoms with Crippen molar-refractivity contribution in [1.82, 2.24) is 24.8 Å². The zero-order chi connectivity index (χ0) is 25.9. The number of fused-ring (bicyclic) bond motifs is 1. The lowest BCUT2D eigenvalue weighted by atomic mass is 9.90. The Balaban J connectivity index is 1.49. The summed E-state index contributed by atoms with van der Waals surface area (Å²) in [6, 6.07) is 11.9. The average Bonchev–Trinajstić information content (AvgIpc) is 3.23. The van der Waals surface area contributed by atoms with Crippen LogP contribution < -0.4 is 20.7 Å². The average molecular weight is 508 g/mol. The minimum atomic E-state index is -0.684. The van der Waals surface area contributed by atoms with Crippen molar-refractivity contribution in [1.29, 1.82) is 0 Å². The molecule has 0 aliphatic heterocycles. The number of nitrogens with one attached hydrogen (secondary N) is 3. The van der Waals surface area contributed by atoms with E-state index in [-0.39, 0.29) is 11.7 Å². The summed E-state index contributed by atoms with van der Waals surface area (Å²) in [4.78, 5) is 13.9. The maximum Gasteiger partial charge on any atom is 0.229 e. The van der Waals surface area contributed by atoms with Crippen LogP contribution in [0.25, 0.3) is 11.2 Å². The number of rotatable bonds is 8. The van der Waals surface area contributed by atoms with E-state index in [0.29, 0.717) is 35.1 Å². The Kier molecular flexibility index (Phi) is 7.18. The molecular formula is C27H31F2N7O. The monoisotopic (exact) mass is 507 g/mol. The Morgan fingerprint density at radius 3 is 2.41 bits per heavy atom. The van der Waals surface area contributed by atoms with Crippen LogP contribution in [0.4, 0.5) is 32.1 Å². The van der Waals surface area contributed by atoms with E-state index in [2.05, 4.69) is 34.8 Å². The van der Waals surface area contributed by atoms with Gasteiger partial charge < -0.3 is 20.7 Å². The number of halogens is 2. The molecule has 0 saturated heterocycles. The van der Waals surface area contributed by atoms with Gasteiger partial charge in [0.2, 0.25) is 11.9 Å². The minimum Gasteiger partial charge on any atom is -0.497 e. The molecule has 0 bridgehead atoms. The van der Waals surface area contributed by atoms with Gasteiger partial charge in [-0.2, -0.15) is 4.98 Å². The predicted octanol–water partition coefficient (Wildman–Crippen LogP) is 6.08. The quantitative estimate of drug-likeness (QED) is 0.266. The molecule has 1 aliphatic rings. The van der Waals surface area contributed by atoms with Crippen molar-refractivity contribution < 1.29 is 13.5 Å². The first-order valence-corrected chi connectivity index (χ1v) is 12.5. The summed E-state index contributed by atoms with van der Waals surface area (Å²) in [5, 5.41) is 9.93. The second-order valence-corrected chi connectivity index (χ2v) is 9.64. The smallest absolute Gasteiger partial charge is 0.229 e. The van der Waals surface area contributed by atoms with Gasteiger partial charge in [-0.05, 0) is 62.1 Å². The number of benzene rings is 2.